The Bertz CT molecular complexity index is 8010. The average Bonchev–Trinajstić information content (AvgIpc) is 0.902. The molecule has 1 saturated carbocycles. The highest BCUT2D eigenvalue weighted by Crippen LogP contribution is 2.50. The molecule has 4 unspecified atom stereocenters. The van der Waals surface area contributed by atoms with Gasteiger partial charge in [0.15, 0.2) is 0 Å². The largest absolute Gasteiger partial charge is 0.342 e. The van der Waals surface area contributed by atoms with Crippen LogP contribution in [0.1, 0.15) is 178 Å². The van der Waals surface area contributed by atoms with E-state index in [9.17, 15) is 5.48 Å². The molecular weight excluding hydrogens is 1680 g/mol. The summed E-state index contributed by atoms with van der Waals surface area (Å²) in [5.74, 6) is -0.641. The summed E-state index contributed by atoms with van der Waals surface area (Å²) in [4.78, 5) is 7.83. The van der Waals surface area contributed by atoms with Gasteiger partial charge < -0.3 is 28.4 Å². The first-order valence-corrected chi connectivity index (χ1v) is 50.2. The highest BCUT2D eigenvalue weighted by molar-refractivity contribution is 7.00. The molecule has 3 aromatic heterocycles. The second-order valence-electron chi connectivity index (χ2n) is 43.2. The molecule has 23 rings (SSSR count). The van der Waals surface area contributed by atoms with E-state index in [0.29, 0.717) is 39.0 Å². The lowest BCUT2D eigenvalue weighted by molar-refractivity contribution is 0.357. The lowest BCUT2D eigenvalue weighted by Gasteiger charge is -2.45. The molecule has 0 spiro atoms. The van der Waals surface area contributed by atoms with Gasteiger partial charge in [0.1, 0.15) is 0 Å². The summed E-state index contributed by atoms with van der Waals surface area (Å²) in [7, 11) is 0. The van der Waals surface area contributed by atoms with Crippen molar-refractivity contribution in [3.05, 3.63) is 426 Å². The molecule has 0 N–H and O–H groups in total. The highest BCUT2D eigenvalue weighted by atomic mass is 15.2. The fourth-order valence-corrected chi connectivity index (χ4v) is 22.8. The molecule has 0 bridgehead atoms. The Labute approximate surface area is 829 Å². The maximum atomic E-state index is 9.75. The van der Waals surface area contributed by atoms with Crippen LogP contribution in [0, 0.1) is 5.92 Å². The second-order valence-corrected chi connectivity index (χ2v) is 43.2. The van der Waals surface area contributed by atoms with Crippen LogP contribution in [0.15, 0.2) is 376 Å². The summed E-state index contributed by atoms with van der Waals surface area (Å²) in [5, 5.41) is 7.28. The number of nitrogens with zero attached hydrogens (tertiary/aromatic N) is 6. The van der Waals surface area contributed by atoms with Crippen molar-refractivity contribution < 1.29 is 6.85 Å². The molecule has 1 aliphatic carbocycles. The first-order valence-electron chi connectivity index (χ1n) is 53.1. The molecule has 4 atom stereocenters. The maximum Gasteiger partial charge on any atom is 0.252 e. The minimum Gasteiger partial charge on any atom is -0.342 e. The van der Waals surface area contributed by atoms with E-state index in [1.165, 1.54) is 127 Å². The lowest BCUT2D eigenvalue weighted by Crippen LogP contribution is -2.62. The van der Waals surface area contributed by atoms with Gasteiger partial charge in [-0.2, -0.15) is 0 Å². The summed E-state index contributed by atoms with van der Waals surface area (Å²) in [6, 6.07) is 142. The summed E-state index contributed by atoms with van der Waals surface area (Å²) in [6.45, 7) is 30.1. The maximum absolute atomic E-state index is 9.75. The molecule has 3 aliphatic rings. The van der Waals surface area contributed by atoms with Crippen LogP contribution in [0.2, 0.25) is 0 Å². The van der Waals surface area contributed by atoms with E-state index in [1.807, 2.05) is 0 Å². The van der Waals surface area contributed by atoms with Gasteiger partial charge in [-0.15, -0.1) is 0 Å². The number of para-hydroxylation sites is 4. The number of benzene rings is 17. The van der Waals surface area contributed by atoms with Gasteiger partial charge >= 0.3 is 0 Å². The molecule has 0 amide bonds. The van der Waals surface area contributed by atoms with E-state index in [4.69, 9.17) is 1.37 Å². The molecule has 7 heteroatoms. The van der Waals surface area contributed by atoms with Crippen molar-refractivity contribution in [2.75, 3.05) is 21.2 Å². The van der Waals surface area contributed by atoms with Crippen LogP contribution >= 0.6 is 0 Å². The van der Waals surface area contributed by atoms with E-state index >= 15 is 0 Å². The van der Waals surface area contributed by atoms with E-state index in [-0.39, 0.29) is 28.4 Å². The van der Waals surface area contributed by atoms with Crippen LogP contribution in [-0.4, -0.2) is 27.0 Å². The molecule has 0 saturated heterocycles. The van der Waals surface area contributed by atoms with Crippen molar-refractivity contribution in [3.63, 3.8) is 0 Å². The summed E-state index contributed by atoms with van der Waals surface area (Å²) in [5.41, 5.74) is 39.5. The topological polar surface area (TPSA) is 24.5 Å². The molecule has 139 heavy (non-hydrogen) atoms. The van der Waals surface area contributed by atoms with E-state index in [0.717, 1.165) is 108 Å². The molecular formula is C132H125BN6. The van der Waals surface area contributed by atoms with E-state index in [2.05, 4.69) is 488 Å². The van der Waals surface area contributed by atoms with Crippen LogP contribution in [0.3, 0.4) is 0 Å². The quantitative estimate of drug-likeness (QED) is 0.0670. The fraction of sp³-hybridized carbons (Fsp3) is 0.227. The number of hydrogen-bond acceptors (Lipinski definition) is 3. The van der Waals surface area contributed by atoms with Crippen molar-refractivity contribution in [2.24, 2.45) is 5.92 Å². The predicted octanol–water partition coefficient (Wildman–Crippen LogP) is 33.0. The molecule has 17 aromatic carbocycles. The number of hydrogen-bond donors (Lipinski definition) is 0. The third kappa shape index (κ3) is 16.5. The molecule has 1 fully saturated rings. The van der Waals surface area contributed by atoms with Crippen LogP contribution < -0.4 is 31.1 Å². The van der Waals surface area contributed by atoms with Gasteiger partial charge in [-0.1, -0.05) is 370 Å². The normalized spacial score (nSPS) is 17.2. The molecule has 6 nitrogen and oxygen atoms in total. The fourth-order valence-electron chi connectivity index (χ4n) is 22.8. The summed E-state index contributed by atoms with van der Waals surface area (Å²) < 4.78 is 54.8. The predicted molar refractivity (Wildman–Crippen MR) is 596 cm³/mol. The first-order chi connectivity index (χ1) is 69.5. The van der Waals surface area contributed by atoms with Crippen molar-refractivity contribution in [2.45, 2.75) is 182 Å². The zero-order valence-corrected chi connectivity index (χ0v) is 82.2. The van der Waals surface area contributed by atoms with Gasteiger partial charge in [-0.05, 0) is 286 Å². The SMILES string of the molecule is [2H]C1C([2H])C([2H])C(Cc2ccc3c(c2)N(CCCc2c(-c4ccccc4)cc(C(C)(C)C)cc2-c2ccccc2)c2cc(CCn4c5ccc(N(c6ccccc6)c6ccccc6)cc5c5cc(-n6c7ccccc7c7ccccc76)ccc54)cc4c2B3c2ccc(Cn3c5ccc(C(C)(C)C)cc5c5cc(C(C)(C)C)ccc53)cc2N4Cc2c(-c3ccccc3)cc(C(C)(C)C)cc2-c2ccccc2)C([2H])C1[2H]. The Morgan fingerprint density at radius 1 is 0.302 bits per heavy atom. The van der Waals surface area contributed by atoms with Crippen LogP contribution in [-0.2, 0) is 60.6 Å². The van der Waals surface area contributed by atoms with Gasteiger partial charge in [0.2, 0.25) is 0 Å². The van der Waals surface area contributed by atoms with Gasteiger partial charge in [0, 0.05) is 133 Å². The minimum atomic E-state index is -1.14. The molecule has 2 aliphatic heterocycles. The lowest BCUT2D eigenvalue weighted by atomic mass is 9.33. The molecule has 686 valence electrons. The van der Waals surface area contributed by atoms with Gasteiger partial charge in [0.05, 0.1) is 11.0 Å². The number of aromatic nitrogens is 3. The van der Waals surface area contributed by atoms with Crippen LogP contribution in [0.25, 0.3) is 116 Å². The third-order valence-corrected chi connectivity index (χ3v) is 30.1. The average molecular weight is 1810 g/mol. The molecule has 20 aromatic rings. The van der Waals surface area contributed by atoms with Crippen molar-refractivity contribution in [1.82, 2.24) is 13.7 Å². The van der Waals surface area contributed by atoms with Gasteiger partial charge in [-0.3, -0.25) is 0 Å². The van der Waals surface area contributed by atoms with Crippen LogP contribution in [0.4, 0.5) is 39.8 Å². The standard InChI is InChI=1S/C132H125BN6/c1-129(2,3)96-60-66-120-111(78-96)112-79-97(130(4,5)6)61-67-121(112)136(120)86-91-59-65-117-125(77-91)137(87-115-109(94-45-26-16-27-46-94)82-99(132(10,11)12)83-110(115)95-47-28-17-29-48-95)127-76-90(70-72-135-118-68-62-102(138(100-49-30-18-31-50-100)101-51-32-19-33-52-101)84-113(118)114-85-103(63-69-119(114)135)139-122-56-36-34-53-105(122)106-54-35-37-57-123(106)139)75-126-128(127)133(117)116-64-58-89(73-88-39-20-13-21-40-88)74-124(116)134(126)71-38-55-104-107(92-41-22-14-23-42-92)80-98(131(7,8)9)81-108(104)93-43-24-15-25-44-93/h14-19,22-37,41-54,56-69,74-85,88H,13,20-21,38-40,55,70-73,86-87H2,1-12H3/i13D,20D,21D,39D,40D. The zero-order chi connectivity index (χ0) is 99.1. The number of anilines is 7. The Morgan fingerprint density at radius 3 is 1.22 bits per heavy atom. The summed E-state index contributed by atoms with van der Waals surface area (Å²) >= 11 is 0. The third-order valence-electron chi connectivity index (χ3n) is 30.1. The highest BCUT2D eigenvalue weighted by Gasteiger charge is 2.44. The first kappa shape index (κ1) is 82.8. The van der Waals surface area contributed by atoms with Gasteiger partial charge in [-0.25, -0.2) is 0 Å². The Kier molecular flexibility index (Phi) is 21.2. The Morgan fingerprint density at radius 2 is 0.712 bits per heavy atom. The summed E-state index contributed by atoms with van der Waals surface area (Å²) in [6.07, 6.45) is -2.92. The Balaban J connectivity index is 0.779. The van der Waals surface area contributed by atoms with Crippen molar-refractivity contribution in [1.29, 1.82) is 0 Å². The van der Waals surface area contributed by atoms with Crippen molar-refractivity contribution in [3.8, 4) is 50.2 Å². The molecule has 5 heterocycles. The van der Waals surface area contributed by atoms with E-state index in [1.54, 1.807) is 0 Å². The Hall–Kier alpha value is -14.4. The van der Waals surface area contributed by atoms with Gasteiger partial charge in [0.25, 0.3) is 6.71 Å². The van der Waals surface area contributed by atoms with Crippen LogP contribution in [0.5, 0.6) is 0 Å². The smallest absolute Gasteiger partial charge is 0.252 e. The molecule has 0 radical (unpaired) electrons. The second kappa shape index (κ2) is 35.6. The zero-order valence-electron chi connectivity index (χ0n) is 87.2. The van der Waals surface area contributed by atoms with E-state index < -0.39 is 37.9 Å². The number of aryl methyl sites for hydroxylation is 2. The minimum absolute atomic E-state index is 0.0784. The van der Waals surface area contributed by atoms with Crippen molar-refractivity contribution >= 4 is 128 Å². The monoisotopic (exact) mass is 1810 g/mol. The number of rotatable bonds is 21. The number of fused-ring (bicyclic) bond motifs is 13.